The summed E-state index contributed by atoms with van der Waals surface area (Å²) in [5.41, 5.74) is 1.77. The minimum Gasteiger partial charge on any atom is -0.345 e. The van der Waals surface area contributed by atoms with Crippen LogP contribution in [-0.4, -0.2) is 45.8 Å². The second-order valence-electron chi connectivity index (χ2n) is 6.29. The first-order valence-electron chi connectivity index (χ1n) is 8.43. The van der Waals surface area contributed by atoms with Gasteiger partial charge in [0, 0.05) is 12.1 Å². The van der Waals surface area contributed by atoms with Crippen LogP contribution in [0, 0.1) is 0 Å². The minimum absolute atomic E-state index is 0.501. The number of benzene rings is 1. The number of carbonyl (C=O) groups is 1. The molecule has 3 heterocycles. The molecule has 10 heteroatoms. The number of nitrogens with zero attached hydrogens (tertiary/aromatic N) is 4. The zero-order valence-corrected chi connectivity index (χ0v) is 14.9. The number of alkyl halides is 3. The highest BCUT2D eigenvalue weighted by Crippen LogP contribution is 2.31. The lowest BCUT2D eigenvalue weighted by atomic mass is 10.2. The first-order valence-corrected chi connectivity index (χ1v) is 9.25. The second kappa shape index (κ2) is 6.84. The van der Waals surface area contributed by atoms with Crippen LogP contribution in [0.25, 0.3) is 16.2 Å². The number of anilines is 1. The van der Waals surface area contributed by atoms with Gasteiger partial charge >= 0.3 is 6.18 Å². The van der Waals surface area contributed by atoms with Crippen LogP contribution in [0.4, 0.5) is 18.3 Å². The SMILES string of the molecule is O=C(NCC(F)(F)F)C1CCCN1c1nn2cc(-c3ccccc3)nc2s1. The van der Waals surface area contributed by atoms with Crippen molar-refractivity contribution in [1.29, 1.82) is 0 Å². The Morgan fingerprint density at radius 2 is 2.07 bits per heavy atom. The Balaban J connectivity index is 1.53. The van der Waals surface area contributed by atoms with E-state index in [0.717, 1.165) is 17.7 Å². The average molecular weight is 395 g/mol. The highest BCUT2D eigenvalue weighted by atomic mass is 32.1. The monoisotopic (exact) mass is 395 g/mol. The fraction of sp³-hybridized carbons (Fsp3) is 0.353. The maximum absolute atomic E-state index is 12.3. The summed E-state index contributed by atoms with van der Waals surface area (Å²) in [6.45, 7) is -0.746. The van der Waals surface area contributed by atoms with Crippen LogP contribution in [0.2, 0.25) is 0 Å². The van der Waals surface area contributed by atoms with Crippen LogP contribution < -0.4 is 10.2 Å². The number of fused-ring (bicyclic) bond motifs is 1. The highest BCUT2D eigenvalue weighted by molar-refractivity contribution is 7.20. The van der Waals surface area contributed by atoms with Crippen LogP contribution in [0.15, 0.2) is 36.5 Å². The van der Waals surface area contributed by atoms with Crippen molar-refractivity contribution in [2.24, 2.45) is 0 Å². The predicted molar refractivity (Wildman–Crippen MR) is 95.7 cm³/mol. The molecule has 1 aliphatic rings. The molecule has 3 aromatic rings. The molecular formula is C17H16F3N5OS. The number of rotatable bonds is 4. The van der Waals surface area contributed by atoms with Crippen LogP contribution in [-0.2, 0) is 4.79 Å². The van der Waals surface area contributed by atoms with E-state index in [1.165, 1.54) is 11.3 Å². The molecule has 1 unspecified atom stereocenters. The molecule has 142 valence electrons. The standard InChI is InChI=1S/C17H16F3N5OS/c18-17(19,20)10-21-14(26)13-7-4-8-24(13)16-23-25-9-12(22-15(25)27-16)11-5-2-1-3-6-11/h1-3,5-6,9,13H,4,7-8,10H2,(H,21,26). The molecule has 1 aromatic carbocycles. The zero-order valence-electron chi connectivity index (χ0n) is 14.1. The summed E-state index contributed by atoms with van der Waals surface area (Å²) in [7, 11) is 0. The Labute approximate surface area is 156 Å². The second-order valence-corrected chi connectivity index (χ2v) is 7.22. The lowest BCUT2D eigenvalue weighted by Crippen LogP contribution is -2.46. The van der Waals surface area contributed by atoms with Crippen LogP contribution in [0.3, 0.4) is 0 Å². The summed E-state index contributed by atoms with van der Waals surface area (Å²) in [5.74, 6) is -0.623. The lowest BCUT2D eigenvalue weighted by Gasteiger charge is -2.22. The van der Waals surface area contributed by atoms with Gasteiger partial charge in [-0.05, 0) is 12.8 Å². The first kappa shape index (κ1) is 17.8. The fourth-order valence-corrected chi connectivity index (χ4v) is 4.09. The van der Waals surface area contributed by atoms with E-state index in [2.05, 4.69) is 10.1 Å². The van der Waals surface area contributed by atoms with Gasteiger partial charge in [-0.25, -0.2) is 9.50 Å². The quantitative estimate of drug-likeness (QED) is 0.738. The van der Waals surface area contributed by atoms with E-state index in [4.69, 9.17) is 0 Å². The summed E-state index contributed by atoms with van der Waals surface area (Å²) in [6, 6.07) is 9.04. The molecule has 0 aliphatic carbocycles. The molecule has 1 saturated heterocycles. The molecule has 27 heavy (non-hydrogen) atoms. The third-order valence-corrected chi connectivity index (χ3v) is 5.33. The van der Waals surface area contributed by atoms with Crippen LogP contribution in [0.5, 0.6) is 0 Å². The Morgan fingerprint density at radius 3 is 2.78 bits per heavy atom. The normalized spacial score (nSPS) is 17.6. The summed E-state index contributed by atoms with van der Waals surface area (Å²) in [5, 5.41) is 7.04. The third-order valence-electron chi connectivity index (χ3n) is 4.37. The first-order chi connectivity index (χ1) is 12.9. The molecule has 1 amide bonds. The number of carbonyl (C=O) groups excluding carboxylic acids is 1. The van der Waals surface area contributed by atoms with Crippen molar-refractivity contribution < 1.29 is 18.0 Å². The fourth-order valence-electron chi connectivity index (χ4n) is 3.13. The topological polar surface area (TPSA) is 62.5 Å². The number of imidazole rings is 1. The molecule has 1 aliphatic heterocycles. The van der Waals surface area contributed by atoms with Gasteiger partial charge < -0.3 is 10.2 Å². The molecular weight excluding hydrogens is 379 g/mol. The Kier molecular flexibility index (Phi) is 4.50. The molecule has 2 aromatic heterocycles. The van der Waals surface area contributed by atoms with Gasteiger partial charge in [0.1, 0.15) is 12.6 Å². The van der Waals surface area contributed by atoms with Gasteiger partial charge in [0.2, 0.25) is 16.0 Å². The average Bonchev–Trinajstić information content (AvgIpc) is 3.33. The van der Waals surface area contributed by atoms with E-state index in [1.807, 2.05) is 35.6 Å². The van der Waals surface area contributed by atoms with Crippen molar-refractivity contribution in [3.63, 3.8) is 0 Å². The molecule has 1 fully saturated rings. The van der Waals surface area contributed by atoms with Crippen molar-refractivity contribution in [3.8, 4) is 11.3 Å². The number of amides is 1. The van der Waals surface area contributed by atoms with Gasteiger partial charge in [-0.1, -0.05) is 41.7 Å². The lowest BCUT2D eigenvalue weighted by molar-refractivity contribution is -0.139. The minimum atomic E-state index is -4.42. The van der Waals surface area contributed by atoms with E-state index >= 15 is 0 Å². The third kappa shape index (κ3) is 3.75. The molecule has 0 spiro atoms. The van der Waals surface area contributed by atoms with Gasteiger partial charge in [0.05, 0.1) is 11.9 Å². The van der Waals surface area contributed by atoms with Crippen molar-refractivity contribution in [1.82, 2.24) is 19.9 Å². The molecule has 0 saturated carbocycles. The highest BCUT2D eigenvalue weighted by Gasteiger charge is 2.35. The summed E-state index contributed by atoms with van der Waals surface area (Å²) in [6.07, 6.45) is -1.39. The summed E-state index contributed by atoms with van der Waals surface area (Å²) < 4.78 is 38.7. The summed E-state index contributed by atoms with van der Waals surface area (Å²) in [4.78, 5) is 19.2. The number of aromatic nitrogens is 3. The number of nitrogens with one attached hydrogen (secondary N) is 1. The van der Waals surface area contributed by atoms with E-state index in [0.29, 0.717) is 23.1 Å². The zero-order chi connectivity index (χ0) is 19.0. The predicted octanol–water partition coefficient (Wildman–Crippen LogP) is 3.11. The van der Waals surface area contributed by atoms with Crippen LogP contribution in [0.1, 0.15) is 12.8 Å². The maximum Gasteiger partial charge on any atom is 0.405 e. The molecule has 0 radical (unpaired) electrons. The smallest absolute Gasteiger partial charge is 0.345 e. The van der Waals surface area contributed by atoms with E-state index in [-0.39, 0.29) is 0 Å². The van der Waals surface area contributed by atoms with Crippen LogP contribution >= 0.6 is 11.3 Å². The molecule has 1 N–H and O–H groups in total. The van der Waals surface area contributed by atoms with Gasteiger partial charge in [-0.15, -0.1) is 5.10 Å². The Morgan fingerprint density at radius 1 is 1.30 bits per heavy atom. The van der Waals surface area contributed by atoms with Crippen molar-refractivity contribution >= 4 is 27.3 Å². The van der Waals surface area contributed by atoms with Crippen molar-refractivity contribution in [2.75, 3.05) is 18.0 Å². The Hall–Kier alpha value is -2.62. The molecule has 0 bridgehead atoms. The van der Waals surface area contributed by atoms with Gasteiger partial charge in [0.25, 0.3) is 0 Å². The molecule has 4 rings (SSSR count). The van der Waals surface area contributed by atoms with Gasteiger partial charge in [-0.2, -0.15) is 13.2 Å². The van der Waals surface area contributed by atoms with Crippen molar-refractivity contribution in [2.45, 2.75) is 25.1 Å². The number of hydrogen-bond donors (Lipinski definition) is 1. The van der Waals surface area contributed by atoms with Gasteiger partial charge in [-0.3, -0.25) is 4.79 Å². The maximum atomic E-state index is 12.3. The number of halogens is 3. The Bertz CT molecular complexity index is 921. The van der Waals surface area contributed by atoms with E-state index in [1.54, 1.807) is 15.6 Å². The molecule has 1 atom stereocenters. The summed E-state index contributed by atoms with van der Waals surface area (Å²) >= 11 is 1.32. The van der Waals surface area contributed by atoms with Gasteiger partial charge in [0.15, 0.2) is 0 Å². The largest absolute Gasteiger partial charge is 0.405 e. The van der Waals surface area contributed by atoms with Crippen molar-refractivity contribution in [3.05, 3.63) is 36.5 Å². The van der Waals surface area contributed by atoms with E-state index in [9.17, 15) is 18.0 Å². The number of hydrogen-bond acceptors (Lipinski definition) is 5. The van der Waals surface area contributed by atoms with E-state index < -0.39 is 24.7 Å². The molecule has 6 nitrogen and oxygen atoms in total.